The van der Waals surface area contributed by atoms with E-state index >= 15 is 0 Å². The van der Waals surface area contributed by atoms with Gasteiger partial charge in [0.05, 0.1) is 23.9 Å². The molecule has 0 fully saturated rings. The molecule has 31 heavy (non-hydrogen) atoms. The molecule has 3 rings (SSSR count). The number of sulfone groups is 1. The molecule has 6 nitrogen and oxygen atoms in total. The van der Waals surface area contributed by atoms with Crippen LogP contribution in [0.3, 0.4) is 0 Å². The topological polar surface area (TPSA) is 93.6 Å². The molecule has 0 amide bonds. The van der Waals surface area contributed by atoms with E-state index in [1.165, 1.54) is 19.2 Å². The third-order valence-corrected chi connectivity index (χ3v) is 6.42. The Kier molecular flexibility index (Phi) is 6.20. The van der Waals surface area contributed by atoms with Crippen LogP contribution in [0.25, 0.3) is 10.9 Å². The van der Waals surface area contributed by atoms with E-state index in [2.05, 4.69) is 4.98 Å². The number of pyridine rings is 1. The number of ether oxygens (including phenoxy) is 1. The van der Waals surface area contributed by atoms with Crippen LogP contribution in [0.15, 0.2) is 29.2 Å². The summed E-state index contributed by atoms with van der Waals surface area (Å²) in [6.07, 6.45) is 0.572. The van der Waals surface area contributed by atoms with Gasteiger partial charge < -0.3 is 9.84 Å². The van der Waals surface area contributed by atoms with E-state index in [1.54, 1.807) is 19.1 Å². The predicted octanol–water partition coefficient (Wildman–Crippen LogP) is 4.10. The number of aliphatic carboxylic acids is 1. The van der Waals surface area contributed by atoms with E-state index in [0.717, 1.165) is 6.26 Å². The standard InChI is InChI=1S/C21H18ClF2NO5S/c1-10-13(8-11-4-6-12(7-5-11)31(3,28)29)21(30-2)25-20-16(10)14(9-15(26)27)18(23)19(24)17(20)22/h4-7H,8-9H2,1-3H3,(H,26,27). The van der Waals surface area contributed by atoms with Crippen molar-refractivity contribution in [3.8, 4) is 5.88 Å². The minimum absolute atomic E-state index is 0.0951. The molecule has 10 heteroatoms. The number of hydrogen-bond donors (Lipinski definition) is 1. The lowest BCUT2D eigenvalue weighted by Crippen LogP contribution is -2.10. The van der Waals surface area contributed by atoms with Gasteiger partial charge in [-0.15, -0.1) is 0 Å². The maximum Gasteiger partial charge on any atom is 0.307 e. The Morgan fingerprint density at radius 2 is 1.77 bits per heavy atom. The Labute approximate surface area is 182 Å². The third-order valence-electron chi connectivity index (χ3n) is 4.95. The molecule has 0 spiro atoms. The predicted molar refractivity (Wildman–Crippen MR) is 112 cm³/mol. The summed E-state index contributed by atoms with van der Waals surface area (Å²) in [7, 11) is -2.00. The molecule has 1 heterocycles. The first kappa shape index (κ1) is 22.9. The number of nitrogens with zero attached hydrogens (tertiary/aromatic N) is 1. The van der Waals surface area contributed by atoms with E-state index in [1.807, 2.05) is 0 Å². The van der Waals surface area contributed by atoms with Gasteiger partial charge in [0.1, 0.15) is 5.02 Å². The van der Waals surface area contributed by atoms with Gasteiger partial charge in [0.2, 0.25) is 5.88 Å². The maximum atomic E-state index is 14.6. The molecule has 0 radical (unpaired) electrons. The van der Waals surface area contributed by atoms with Crippen molar-refractivity contribution in [2.45, 2.75) is 24.7 Å². The highest BCUT2D eigenvalue weighted by Crippen LogP contribution is 2.38. The van der Waals surface area contributed by atoms with Crippen LogP contribution in [0, 0.1) is 18.6 Å². The summed E-state index contributed by atoms with van der Waals surface area (Å²) in [5.74, 6) is -3.93. The fraction of sp³-hybridized carbons (Fsp3) is 0.238. The number of rotatable bonds is 6. The van der Waals surface area contributed by atoms with Crippen LogP contribution in [0.2, 0.25) is 5.02 Å². The molecular formula is C21H18ClF2NO5S. The van der Waals surface area contributed by atoms with Crippen LogP contribution < -0.4 is 4.74 Å². The maximum absolute atomic E-state index is 14.6. The largest absolute Gasteiger partial charge is 0.481 e. The lowest BCUT2D eigenvalue weighted by Gasteiger charge is -2.18. The molecule has 0 saturated carbocycles. The van der Waals surface area contributed by atoms with Crippen LogP contribution >= 0.6 is 11.6 Å². The summed E-state index contributed by atoms with van der Waals surface area (Å²) in [4.78, 5) is 15.7. The molecule has 0 aliphatic carbocycles. The molecule has 0 bridgehead atoms. The fourth-order valence-corrected chi connectivity index (χ4v) is 4.29. The average molecular weight is 470 g/mol. The molecule has 0 saturated heterocycles. The Bertz CT molecular complexity index is 1310. The van der Waals surface area contributed by atoms with Crippen molar-refractivity contribution in [3.63, 3.8) is 0 Å². The Morgan fingerprint density at radius 3 is 2.29 bits per heavy atom. The lowest BCUT2D eigenvalue weighted by molar-refractivity contribution is -0.136. The summed E-state index contributed by atoms with van der Waals surface area (Å²) in [6.45, 7) is 1.62. The quantitative estimate of drug-likeness (QED) is 0.546. The molecule has 0 aliphatic rings. The van der Waals surface area contributed by atoms with Crippen molar-refractivity contribution in [2.75, 3.05) is 13.4 Å². The summed E-state index contributed by atoms with van der Waals surface area (Å²) < 4.78 is 57.5. The van der Waals surface area contributed by atoms with Crippen molar-refractivity contribution in [3.05, 3.63) is 63.2 Å². The monoisotopic (exact) mass is 469 g/mol. The number of hydrogen-bond acceptors (Lipinski definition) is 5. The molecule has 2 aromatic carbocycles. The smallest absolute Gasteiger partial charge is 0.307 e. The summed E-state index contributed by atoms with van der Waals surface area (Å²) in [5.41, 5.74) is 1.21. The van der Waals surface area contributed by atoms with E-state index in [-0.39, 0.29) is 33.7 Å². The zero-order chi connectivity index (χ0) is 23.1. The molecule has 0 unspecified atom stereocenters. The van der Waals surface area contributed by atoms with E-state index in [9.17, 15) is 27.1 Å². The summed E-state index contributed by atoms with van der Waals surface area (Å²) >= 11 is 5.98. The number of fused-ring (bicyclic) bond motifs is 1. The summed E-state index contributed by atoms with van der Waals surface area (Å²) in [5, 5.41) is 8.73. The average Bonchev–Trinajstić information content (AvgIpc) is 2.70. The molecule has 0 atom stereocenters. The second kappa shape index (κ2) is 8.39. The van der Waals surface area contributed by atoms with E-state index in [4.69, 9.17) is 16.3 Å². The number of benzene rings is 2. The lowest BCUT2D eigenvalue weighted by atomic mass is 9.94. The van der Waals surface area contributed by atoms with Gasteiger partial charge in [-0.3, -0.25) is 4.79 Å². The molecule has 164 valence electrons. The highest BCUT2D eigenvalue weighted by atomic mass is 35.5. The van der Waals surface area contributed by atoms with Crippen molar-refractivity contribution >= 4 is 38.3 Å². The minimum atomic E-state index is -3.36. The van der Waals surface area contributed by atoms with Crippen molar-refractivity contribution in [2.24, 2.45) is 0 Å². The second-order valence-electron chi connectivity index (χ2n) is 7.03. The van der Waals surface area contributed by atoms with Crippen LogP contribution in [0.4, 0.5) is 8.78 Å². The normalized spacial score (nSPS) is 11.7. The number of methoxy groups -OCH3 is 1. The number of carboxylic acid groups (broad SMARTS) is 1. The third kappa shape index (κ3) is 4.33. The van der Waals surface area contributed by atoms with Gasteiger partial charge in [0, 0.05) is 29.2 Å². The SMILES string of the molecule is COc1nc2c(Cl)c(F)c(F)c(CC(=O)O)c2c(C)c1Cc1ccc(S(C)(=O)=O)cc1. The molecule has 0 aliphatic heterocycles. The molecule has 1 N–H and O–H groups in total. The van der Waals surface area contributed by atoms with Gasteiger partial charge in [0.25, 0.3) is 0 Å². The van der Waals surface area contributed by atoms with Gasteiger partial charge in [-0.05, 0) is 30.2 Å². The number of aryl methyl sites for hydroxylation is 1. The van der Waals surface area contributed by atoms with Crippen LogP contribution in [-0.2, 0) is 27.5 Å². The molecular weight excluding hydrogens is 452 g/mol. The summed E-state index contributed by atoms with van der Waals surface area (Å²) in [6, 6.07) is 6.16. The van der Waals surface area contributed by atoms with E-state index in [0.29, 0.717) is 16.7 Å². The Morgan fingerprint density at radius 1 is 1.16 bits per heavy atom. The van der Waals surface area contributed by atoms with Gasteiger partial charge in [-0.25, -0.2) is 22.2 Å². The number of carbonyl (C=O) groups is 1. The fourth-order valence-electron chi connectivity index (χ4n) is 3.44. The minimum Gasteiger partial charge on any atom is -0.481 e. The first-order chi connectivity index (χ1) is 14.5. The van der Waals surface area contributed by atoms with Crippen molar-refractivity contribution < 1.29 is 31.8 Å². The second-order valence-corrected chi connectivity index (χ2v) is 9.43. The van der Waals surface area contributed by atoms with Crippen LogP contribution in [0.5, 0.6) is 5.88 Å². The molecule has 1 aromatic heterocycles. The van der Waals surface area contributed by atoms with Crippen molar-refractivity contribution in [1.82, 2.24) is 4.98 Å². The Hall–Kier alpha value is -2.78. The van der Waals surface area contributed by atoms with Crippen LogP contribution in [-0.4, -0.2) is 37.8 Å². The number of carboxylic acids is 1. The van der Waals surface area contributed by atoms with Crippen LogP contribution in [0.1, 0.15) is 22.3 Å². The first-order valence-electron chi connectivity index (χ1n) is 8.99. The number of halogens is 3. The first-order valence-corrected chi connectivity index (χ1v) is 11.3. The Balaban J connectivity index is 2.25. The number of aromatic nitrogens is 1. The zero-order valence-corrected chi connectivity index (χ0v) is 18.4. The van der Waals surface area contributed by atoms with E-state index < -0.39 is 38.9 Å². The highest BCUT2D eigenvalue weighted by Gasteiger charge is 2.26. The van der Waals surface area contributed by atoms with Gasteiger partial charge in [0.15, 0.2) is 21.5 Å². The molecule has 3 aromatic rings. The van der Waals surface area contributed by atoms with Gasteiger partial charge in [-0.2, -0.15) is 0 Å². The van der Waals surface area contributed by atoms with Crippen molar-refractivity contribution in [1.29, 1.82) is 0 Å². The van der Waals surface area contributed by atoms with Gasteiger partial charge >= 0.3 is 5.97 Å². The van der Waals surface area contributed by atoms with Gasteiger partial charge in [-0.1, -0.05) is 23.7 Å². The zero-order valence-electron chi connectivity index (χ0n) is 16.8. The highest BCUT2D eigenvalue weighted by molar-refractivity contribution is 7.90.